The van der Waals surface area contributed by atoms with E-state index in [-0.39, 0.29) is 11.2 Å². The van der Waals surface area contributed by atoms with Gasteiger partial charge in [-0.3, -0.25) is 4.79 Å². The highest BCUT2D eigenvalue weighted by Crippen LogP contribution is 2.46. The first kappa shape index (κ1) is 28.6. The van der Waals surface area contributed by atoms with E-state index in [2.05, 4.69) is 26.1 Å². The number of Topliss-reactive ketones (excluding diaryl/α,β-unsaturated/α-hetero) is 1. The molecule has 1 unspecified atom stereocenters. The molecule has 1 atom stereocenters. The Morgan fingerprint density at radius 2 is 1.95 bits per heavy atom. The van der Waals surface area contributed by atoms with Gasteiger partial charge in [-0.05, 0) is 47.6 Å². The lowest BCUT2D eigenvalue weighted by atomic mass is 9.73. The summed E-state index contributed by atoms with van der Waals surface area (Å²) in [5.74, 6) is 2.76. The van der Waals surface area contributed by atoms with E-state index in [4.69, 9.17) is 31.2 Å². The summed E-state index contributed by atoms with van der Waals surface area (Å²) in [4.78, 5) is 18.4. The Morgan fingerprint density at radius 1 is 1.12 bits per heavy atom. The number of nitrogens with one attached hydrogen (secondary N) is 1. The molecule has 0 amide bonds. The van der Waals surface area contributed by atoms with Crippen molar-refractivity contribution in [2.24, 2.45) is 5.41 Å². The molecule has 0 radical (unpaired) electrons. The van der Waals surface area contributed by atoms with Gasteiger partial charge in [0.15, 0.2) is 17.3 Å². The van der Waals surface area contributed by atoms with Crippen molar-refractivity contribution in [1.82, 2.24) is 14.8 Å². The molecule has 1 aromatic heterocycles. The van der Waals surface area contributed by atoms with Crippen LogP contribution in [0.1, 0.15) is 76.5 Å². The summed E-state index contributed by atoms with van der Waals surface area (Å²) in [7, 11) is 1.65. The van der Waals surface area contributed by atoms with Gasteiger partial charge in [0.1, 0.15) is 6.04 Å². The molecule has 1 aliphatic carbocycles. The number of unbranched alkanes of at least 4 members (excludes halogenated alkanes) is 3. The Bertz CT molecular complexity index is 1420. The first-order chi connectivity index (χ1) is 19.3. The van der Waals surface area contributed by atoms with E-state index in [1.807, 2.05) is 47.1 Å². The molecule has 3 aromatic rings. The van der Waals surface area contributed by atoms with Crippen LogP contribution in [0.5, 0.6) is 11.5 Å². The predicted molar refractivity (Wildman–Crippen MR) is 160 cm³/mol. The van der Waals surface area contributed by atoms with Gasteiger partial charge in [-0.15, -0.1) is 5.10 Å². The topological polar surface area (TPSA) is 78.3 Å². The average Bonchev–Trinajstić information content (AvgIpc) is 3.33. The van der Waals surface area contributed by atoms with Crippen molar-refractivity contribution in [2.75, 3.05) is 19.0 Å². The van der Waals surface area contributed by atoms with Crippen LogP contribution in [0, 0.1) is 5.41 Å². The van der Waals surface area contributed by atoms with E-state index in [1.54, 1.807) is 7.11 Å². The Morgan fingerprint density at radius 3 is 2.73 bits per heavy atom. The number of halogens is 1. The highest BCUT2D eigenvalue weighted by atomic mass is 35.5. The summed E-state index contributed by atoms with van der Waals surface area (Å²) in [6.07, 6.45) is 5.79. The molecule has 7 nitrogen and oxygen atoms in total. The number of anilines is 1. The number of benzene rings is 2. The van der Waals surface area contributed by atoms with Gasteiger partial charge < -0.3 is 14.8 Å². The lowest BCUT2D eigenvalue weighted by molar-refractivity contribution is -0.118. The van der Waals surface area contributed by atoms with Crippen molar-refractivity contribution in [1.29, 1.82) is 0 Å². The van der Waals surface area contributed by atoms with Crippen LogP contribution in [0.25, 0.3) is 0 Å². The molecular formula is C31H37ClN4O3S. The number of aromatic nitrogens is 3. The first-order valence-electron chi connectivity index (χ1n) is 14.0. The molecule has 40 heavy (non-hydrogen) atoms. The van der Waals surface area contributed by atoms with Crippen molar-refractivity contribution in [3.05, 3.63) is 69.9 Å². The number of ketones is 1. The smallest absolute Gasteiger partial charge is 0.227 e. The molecule has 9 heteroatoms. The zero-order valence-electron chi connectivity index (χ0n) is 23.6. The largest absolute Gasteiger partial charge is 0.493 e. The highest BCUT2D eigenvalue weighted by Gasteiger charge is 2.42. The van der Waals surface area contributed by atoms with Crippen LogP contribution in [0.15, 0.2) is 58.9 Å². The molecule has 212 valence electrons. The van der Waals surface area contributed by atoms with Crippen LogP contribution < -0.4 is 14.8 Å². The molecule has 0 fully saturated rings. The number of methoxy groups -OCH3 is 1. The summed E-state index contributed by atoms with van der Waals surface area (Å²) in [6, 6.07) is 13.3. The predicted octanol–water partition coefficient (Wildman–Crippen LogP) is 7.85. The second-order valence-corrected chi connectivity index (χ2v) is 12.6. The van der Waals surface area contributed by atoms with Crippen LogP contribution in [0.3, 0.4) is 0 Å². The number of rotatable bonds is 11. The Labute approximate surface area is 245 Å². The van der Waals surface area contributed by atoms with E-state index in [9.17, 15) is 4.79 Å². The first-order valence-corrected chi connectivity index (χ1v) is 15.3. The standard InChI is InChI=1S/C31H37ClN4O3S/c1-5-6-7-10-15-39-25-14-13-20(16-26(25)38-4)28-27-23(17-31(2,3)18-24(27)37)33-29-34-30(35-36(28)29)40-19-21-11-8-9-12-22(21)32/h8-9,11-14,16,28H,5-7,10,15,17-19H2,1-4H3,(H,33,34,35). The maximum atomic E-state index is 13.6. The molecule has 0 bridgehead atoms. The van der Waals surface area contributed by atoms with Crippen LogP contribution in [-0.4, -0.2) is 34.3 Å². The third kappa shape index (κ3) is 6.18. The number of hydrogen-bond acceptors (Lipinski definition) is 7. The van der Waals surface area contributed by atoms with E-state index < -0.39 is 6.04 Å². The highest BCUT2D eigenvalue weighted by molar-refractivity contribution is 7.98. The number of thioether (sulfide) groups is 1. The quantitative estimate of drug-likeness (QED) is 0.183. The lowest BCUT2D eigenvalue weighted by Gasteiger charge is -2.38. The number of fused-ring (bicyclic) bond motifs is 1. The fourth-order valence-electron chi connectivity index (χ4n) is 5.40. The molecule has 1 aliphatic heterocycles. The number of carbonyl (C=O) groups excluding carboxylic acids is 1. The van der Waals surface area contributed by atoms with Gasteiger partial charge >= 0.3 is 0 Å². The SMILES string of the molecule is CCCCCCOc1ccc(C2C3=C(CC(C)(C)CC3=O)Nc3nc(SCc4ccccc4Cl)nn32)cc1OC. The van der Waals surface area contributed by atoms with Crippen molar-refractivity contribution in [3.63, 3.8) is 0 Å². The molecule has 0 saturated heterocycles. The Kier molecular flexibility index (Phi) is 8.76. The minimum Gasteiger partial charge on any atom is -0.493 e. The molecule has 0 saturated carbocycles. The molecular weight excluding hydrogens is 544 g/mol. The maximum absolute atomic E-state index is 13.6. The maximum Gasteiger partial charge on any atom is 0.227 e. The molecule has 0 spiro atoms. The third-order valence-corrected chi connectivity index (χ3v) is 8.64. The summed E-state index contributed by atoms with van der Waals surface area (Å²) in [6.45, 7) is 7.10. The monoisotopic (exact) mass is 580 g/mol. The Balaban J connectivity index is 1.47. The van der Waals surface area contributed by atoms with Crippen molar-refractivity contribution < 1.29 is 14.3 Å². The van der Waals surface area contributed by atoms with Crippen LogP contribution in [0.4, 0.5) is 5.95 Å². The molecule has 2 heterocycles. The number of hydrogen-bond donors (Lipinski definition) is 1. The van der Waals surface area contributed by atoms with Gasteiger partial charge in [-0.25, -0.2) is 4.68 Å². The van der Waals surface area contributed by atoms with Crippen LogP contribution in [-0.2, 0) is 10.5 Å². The number of allylic oxidation sites excluding steroid dienone is 2. The fraction of sp³-hybridized carbons (Fsp3) is 0.452. The van der Waals surface area contributed by atoms with E-state index in [0.717, 1.165) is 46.7 Å². The summed E-state index contributed by atoms with van der Waals surface area (Å²) in [5, 5.41) is 9.67. The van der Waals surface area contributed by atoms with Crippen molar-refractivity contribution in [2.45, 2.75) is 76.2 Å². The number of carbonyl (C=O) groups is 1. The molecule has 1 N–H and O–H groups in total. The van der Waals surface area contributed by atoms with E-state index >= 15 is 0 Å². The van der Waals surface area contributed by atoms with Crippen molar-refractivity contribution >= 4 is 35.1 Å². The molecule has 2 aromatic carbocycles. The zero-order valence-corrected chi connectivity index (χ0v) is 25.2. The van der Waals surface area contributed by atoms with E-state index in [0.29, 0.717) is 41.4 Å². The minimum atomic E-state index is -0.412. The van der Waals surface area contributed by atoms with Gasteiger partial charge in [0.05, 0.1) is 13.7 Å². The summed E-state index contributed by atoms with van der Waals surface area (Å²) < 4.78 is 13.6. The third-order valence-electron chi connectivity index (χ3n) is 7.39. The minimum absolute atomic E-state index is 0.130. The van der Waals surface area contributed by atoms with Crippen LogP contribution in [0.2, 0.25) is 5.02 Å². The summed E-state index contributed by atoms with van der Waals surface area (Å²) in [5.41, 5.74) is 3.46. The Hall–Kier alpha value is -2.97. The van der Waals surface area contributed by atoms with Gasteiger partial charge in [-0.1, -0.05) is 87.7 Å². The average molecular weight is 581 g/mol. The fourth-order valence-corrected chi connectivity index (χ4v) is 6.52. The number of nitrogens with zero attached hydrogens (tertiary/aromatic N) is 3. The number of ether oxygens (including phenoxy) is 2. The second kappa shape index (κ2) is 12.3. The zero-order chi connectivity index (χ0) is 28.3. The molecule has 2 aliphatic rings. The second-order valence-electron chi connectivity index (χ2n) is 11.2. The lowest BCUT2D eigenvalue weighted by Crippen LogP contribution is -2.36. The van der Waals surface area contributed by atoms with Crippen molar-refractivity contribution in [3.8, 4) is 11.5 Å². The van der Waals surface area contributed by atoms with Gasteiger partial charge in [0, 0.05) is 28.5 Å². The summed E-state index contributed by atoms with van der Waals surface area (Å²) >= 11 is 7.90. The van der Waals surface area contributed by atoms with Gasteiger partial charge in [0.25, 0.3) is 0 Å². The van der Waals surface area contributed by atoms with Gasteiger partial charge in [-0.2, -0.15) is 4.98 Å². The van der Waals surface area contributed by atoms with Gasteiger partial charge in [0.2, 0.25) is 11.1 Å². The van der Waals surface area contributed by atoms with E-state index in [1.165, 1.54) is 24.6 Å². The normalized spacial score (nSPS) is 17.7. The molecule has 5 rings (SSSR count). The van der Waals surface area contributed by atoms with Crippen LogP contribution >= 0.6 is 23.4 Å².